The molecule has 8 nitrogen and oxygen atoms in total. The van der Waals surface area contributed by atoms with E-state index < -0.39 is 5.82 Å². The lowest BCUT2D eigenvalue weighted by molar-refractivity contribution is 0.338. The maximum Gasteiger partial charge on any atom is 0.260 e. The smallest absolute Gasteiger partial charge is 0.260 e. The fourth-order valence-electron chi connectivity index (χ4n) is 2.72. The number of rotatable bonds is 5. The molecule has 0 radical (unpaired) electrons. The Morgan fingerprint density at radius 3 is 2.68 bits per heavy atom. The van der Waals surface area contributed by atoms with E-state index in [0.29, 0.717) is 16.3 Å². The van der Waals surface area contributed by atoms with Gasteiger partial charge in [0.1, 0.15) is 12.7 Å². The number of benzene rings is 2. The molecule has 0 N–H and O–H groups in total. The molecule has 0 saturated heterocycles. The Balaban J connectivity index is 1.81. The van der Waals surface area contributed by atoms with Gasteiger partial charge in [0.25, 0.3) is 5.89 Å². The molecular formula is C18H13ClFN5O3. The zero-order valence-electron chi connectivity index (χ0n) is 14.8. The Hall–Kier alpha value is -3.46. The van der Waals surface area contributed by atoms with Gasteiger partial charge in [-0.2, -0.15) is 10.1 Å². The second-order valence-corrected chi connectivity index (χ2v) is 6.02. The summed E-state index contributed by atoms with van der Waals surface area (Å²) < 4.78 is 31.9. The van der Waals surface area contributed by atoms with Crippen LogP contribution in [0.2, 0.25) is 5.02 Å². The third-order valence-electron chi connectivity index (χ3n) is 4.01. The lowest BCUT2D eigenvalue weighted by atomic mass is 10.1. The third kappa shape index (κ3) is 3.05. The molecule has 2 aromatic heterocycles. The monoisotopic (exact) mass is 401 g/mol. The van der Waals surface area contributed by atoms with Crippen LogP contribution in [0.4, 0.5) is 4.39 Å². The summed E-state index contributed by atoms with van der Waals surface area (Å²) in [6, 6.07) is 8.15. The lowest BCUT2D eigenvalue weighted by Crippen LogP contribution is -1.98. The van der Waals surface area contributed by atoms with E-state index in [1.54, 1.807) is 24.3 Å². The van der Waals surface area contributed by atoms with Gasteiger partial charge in [-0.25, -0.2) is 14.1 Å². The first-order valence-corrected chi connectivity index (χ1v) is 8.39. The fraction of sp³-hybridized carbons (Fsp3) is 0.111. The van der Waals surface area contributed by atoms with E-state index in [2.05, 4.69) is 20.2 Å². The molecule has 0 aliphatic carbocycles. The van der Waals surface area contributed by atoms with Gasteiger partial charge in [0.05, 0.1) is 31.0 Å². The van der Waals surface area contributed by atoms with Gasteiger partial charge in [-0.3, -0.25) is 0 Å². The van der Waals surface area contributed by atoms with Crippen LogP contribution in [-0.2, 0) is 0 Å². The van der Waals surface area contributed by atoms with Crippen LogP contribution in [-0.4, -0.2) is 39.1 Å². The summed E-state index contributed by atoms with van der Waals surface area (Å²) in [7, 11) is 2.77. The molecule has 10 heteroatoms. The van der Waals surface area contributed by atoms with E-state index in [1.165, 1.54) is 37.6 Å². The quantitative estimate of drug-likeness (QED) is 0.502. The molecule has 142 valence electrons. The first kappa shape index (κ1) is 17.9. The number of ether oxygens (including phenoxy) is 2. The molecule has 2 heterocycles. The lowest BCUT2D eigenvalue weighted by Gasteiger charge is -2.09. The van der Waals surface area contributed by atoms with Crippen molar-refractivity contribution in [3.63, 3.8) is 0 Å². The molecule has 4 rings (SSSR count). The number of aromatic nitrogens is 5. The van der Waals surface area contributed by atoms with Crippen molar-refractivity contribution in [2.45, 2.75) is 0 Å². The predicted octanol–water partition coefficient (Wildman–Crippen LogP) is 3.79. The second kappa shape index (κ2) is 7.28. The number of halogens is 2. The highest BCUT2D eigenvalue weighted by Gasteiger charge is 2.22. The summed E-state index contributed by atoms with van der Waals surface area (Å²) in [5.41, 5.74) is 1.26. The minimum Gasteiger partial charge on any atom is -0.493 e. The molecule has 0 aliphatic rings. The molecule has 2 aromatic carbocycles. The highest BCUT2D eigenvalue weighted by molar-refractivity contribution is 6.31. The number of hydrogen-bond donors (Lipinski definition) is 0. The molecule has 0 aliphatic heterocycles. The summed E-state index contributed by atoms with van der Waals surface area (Å²) in [5, 5.41) is 8.47. The molecule has 0 amide bonds. The molecule has 0 unspecified atom stereocenters. The van der Waals surface area contributed by atoms with Gasteiger partial charge in [0.15, 0.2) is 17.3 Å². The Morgan fingerprint density at radius 2 is 1.96 bits per heavy atom. The van der Waals surface area contributed by atoms with Crippen molar-refractivity contribution in [2.75, 3.05) is 14.2 Å². The van der Waals surface area contributed by atoms with Crippen LogP contribution < -0.4 is 9.47 Å². The summed E-state index contributed by atoms with van der Waals surface area (Å²) in [6.07, 6.45) is 2.93. The number of hydrogen-bond acceptors (Lipinski definition) is 7. The van der Waals surface area contributed by atoms with Crippen molar-refractivity contribution in [1.29, 1.82) is 0 Å². The van der Waals surface area contributed by atoms with E-state index in [0.717, 1.165) is 0 Å². The van der Waals surface area contributed by atoms with Crippen molar-refractivity contribution in [3.8, 4) is 40.0 Å². The predicted molar refractivity (Wildman–Crippen MR) is 98.2 cm³/mol. The SMILES string of the molecule is COc1ccc(-c2noc(-c3cc(Cl)ccc3-n3cncn3)n2)c(F)c1OC. The molecule has 0 saturated carbocycles. The Labute approximate surface area is 163 Å². The number of methoxy groups -OCH3 is 2. The van der Waals surface area contributed by atoms with Crippen molar-refractivity contribution < 1.29 is 18.4 Å². The molecule has 0 spiro atoms. The van der Waals surface area contributed by atoms with E-state index in [9.17, 15) is 4.39 Å². The summed E-state index contributed by atoms with van der Waals surface area (Å²) in [5.74, 6) is -0.236. The Bertz CT molecular complexity index is 1130. The topological polar surface area (TPSA) is 88.1 Å². The summed E-state index contributed by atoms with van der Waals surface area (Å²) in [4.78, 5) is 8.25. The molecular weight excluding hydrogens is 389 g/mol. The molecule has 0 fully saturated rings. The largest absolute Gasteiger partial charge is 0.493 e. The first-order valence-electron chi connectivity index (χ1n) is 8.02. The van der Waals surface area contributed by atoms with Gasteiger partial charge in [-0.05, 0) is 30.3 Å². The summed E-state index contributed by atoms with van der Waals surface area (Å²) in [6.45, 7) is 0. The van der Waals surface area contributed by atoms with Gasteiger partial charge >= 0.3 is 0 Å². The van der Waals surface area contributed by atoms with Crippen LogP contribution in [0.15, 0.2) is 47.5 Å². The van der Waals surface area contributed by atoms with Crippen LogP contribution in [0.25, 0.3) is 28.5 Å². The zero-order valence-corrected chi connectivity index (χ0v) is 15.5. The van der Waals surface area contributed by atoms with E-state index in [-0.39, 0.29) is 28.8 Å². The van der Waals surface area contributed by atoms with Crippen LogP contribution in [0.5, 0.6) is 11.5 Å². The van der Waals surface area contributed by atoms with E-state index in [1.807, 2.05) is 0 Å². The third-order valence-corrected chi connectivity index (χ3v) is 4.24. The van der Waals surface area contributed by atoms with E-state index >= 15 is 0 Å². The van der Waals surface area contributed by atoms with Crippen molar-refractivity contribution in [2.24, 2.45) is 0 Å². The maximum atomic E-state index is 14.8. The van der Waals surface area contributed by atoms with Crippen LogP contribution >= 0.6 is 11.6 Å². The van der Waals surface area contributed by atoms with E-state index in [4.69, 9.17) is 25.6 Å². The molecule has 28 heavy (non-hydrogen) atoms. The zero-order chi connectivity index (χ0) is 19.7. The Morgan fingerprint density at radius 1 is 1.11 bits per heavy atom. The minimum absolute atomic E-state index is 0.0441. The first-order chi connectivity index (χ1) is 13.6. The van der Waals surface area contributed by atoms with Gasteiger partial charge < -0.3 is 14.0 Å². The van der Waals surface area contributed by atoms with Gasteiger partial charge in [0.2, 0.25) is 5.82 Å². The van der Waals surface area contributed by atoms with Gasteiger partial charge in [-0.15, -0.1) is 0 Å². The Kier molecular flexibility index (Phi) is 4.66. The highest BCUT2D eigenvalue weighted by atomic mass is 35.5. The maximum absolute atomic E-state index is 14.8. The second-order valence-electron chi connectivity index (χ2n) is 5.59. The number of nitrogens with zero attached hydrogens (tertiary/aromatic N) is 5. The van der Waals surface area contributed by atoms with Crippen molar-refractivity contribution in [1.82, 2.24) is 24.9 Å². The molecule has 4 aromatic rings. The normalized spacial score (nSPS) is 10.9. The average molecular weight is 402 g/mol. The van der Waals surface area contributed by atoms with Gasteiger partial charge in [0, 0.05) is 5.02 Å². The van der Waals surface area contributed by atoms with Crippen molar-refractivity contribution >= 4 is 11.6 Å². The minimum atomic E-state index is -0.656. The highest BCUT2D eigenvalue weighted by Crippen LogP contribution is 2.36. The summed E-state index contributed by atoms with van der Waals surface area (Å²) >= 11 is 6.12. The van der Waals surface area contributed by atoms with Crippen molar-refractivity contribution in [3.05, 3.63) is 53.8 Å². The average Bonchev–Trinajstić information content (AvgIpc) is 3.39. The van der Waals surface area contributed by atoms with Crippen LogP contribution in [0.1, 0.15) is 0 Å². The van der Waals surface area contributed by atoms with Gasteiger partial charge in [-0.1, -0.05) is 16.8 Å². The van der Waals surface area contributed by atoms with Crippen LogP contribution in [0.3, 0.4) is 0 Å². The fourth-order valence-corrected chi connectivity index (χ4v) is 2.89. The standard InChI is InChI=1S/C18H13ClFN5O3/c1-26-14-6-4-11(15(20)16(14)27-2)17-23-18(28-24-17)12-7-10(19)3-5-13(12)25-9-21-8-22-25/h3-9H,1-2H3. The molecule has 0 bridgehead atoms. The molecule has 0 atom stereocenters. The van der Waals surface area contributed by atoms with Crippen LogP contribution in [0, 0.1) is 5.82 Å².